The summed E-state index contributed by atoms with van der Waals surface area (Å²) in [6, 6.07) is 1.80. The maximum atomic E-state index is 12.9. The highest BCUT2D eigenvalue weighted by atomic mass is 32.3. The number of aryl methyl sites for hydroxylation is 2. The van der Waals surface area contributed by atoms with E-state index in [2.05, 4.69) is 5.16 Å². The molecule has 5 nitrogen and oxygen atoms in total. The van der Waals surface area contributed by atoms with Gasteiger partial charge in [-0.25, -0.2) is 0 Å². The number of methoxy groups -OCH3 is 1. The number of nitrogens with zero attached hydrogens (tertiary/aromatic N) is 1. The van der Waals surface area contributed by atoms with Crippen LogP contribution < -0.4 is 4.74 Å². The molecule has 0 saturated carbocycles. The molecule has 22 heavy (non-hydrogen) atoms. The Morgan fingerprint density at radius 2 is 1.82 bits per heavy atom. The molecule has 1 unspecified atom stereocenters. The van der Waals surface area contributed by atoms with Crippen molar-refractivity contribution in [3.05, 3.63) is 39.8 Å². The van der Waals surface area contributed by atoms with Crippen molar-refractivity contribution in [2.75, 3.05) is 7.11 Å². The zero-order valence-corrected chi connectivity index (χ0v) is 14.6. The molecule has 0 aliphatic carbocycles. The summed E-state index contributed by atoms with van der Waals surface area (Å²) in [5.74, 6) is 1.10. The van der Waals surface area contributed by atoms with Gasteiger partial charge in [-0.05, 0) is 46.2 Å². The third kappa shape index (κ3) is 2.80. The lowest BCUT2D eigenvalue weighted by atomic mass is 10.1. The first kappa shape index (κ1) is 16.7. The van der Waals surface area contributed by atoms with Crippen molar-refractivity contribution in [1.82, 2.24) is 5.16 Å². The number of rotatable bonds is 4. The van der Waals surface area contributed by atoms with Crippen molar-refractivity contribution in [3.8, 4) is 5.75 Å². The third-order valence-corrected chi connectivity index (χ3v) is 6.02. The van der Waals surface area contributed by atoms with Crippen molar-refractivity contribution >= 4 is 10.2 Å². The molecule has 1 heterocycles. The predicted octanol–water partition coefficient (Wildman–Crippen LogP) is 3.76. The van der Waals surface area contributed by atoms with E-state index >= 15 is 0 Å². The van der Waals surface area contributed by atoms with Crippen molar-refractivity contribution < 1.29 is 18.0 Å². The second-order valence-electron chi connectivity index (χ2n) is 5.58. The van der Waals surface area contributed by atoms with Crippen LogP contribution in [0.15, 0.2) is 15.5 Å². The van der Waals surface area contributed by atoms with Crippen LogP contribution >= 0.6 is 0 Å². The standard InChI is InChI=1S/C16H21NO4S/c1-9-7-14(20-6)10(2)11(3)16(9)22(18,19)8-15-12(4)13(5)17-21-15/h7H,8H2,1-6H3/p+1. The zero-order valence-electron chi connectivity index (χ0n) is 13.8. The lowest BCUT2D eigenvalue weighted by molar-refractivity contribution is 0.384. The van der Waals surface area contributed by atoms with Gasteiger partial charge >= 0.3 is 0 Å². The fraction of sp³-hybridized carbons (Fsp3) is 0.438. The molecule has 120 valence electrons. The van der Waals surface area contributed by atoms with Crippen molar-refractivity contribution in [2.45, 2.75) is 45.3 Å². The van der Waals surface area contributed by atoms with Gasteiger partial charge in [0, 0.05) is 16.7 Å². The smallest absolute Gasteiger partial charge is 0.256 e. The second-order valence-corrected chi connectivity index (χ2v) is 7.55. The van der Waals surface area contributed by atoms with Crippen LogP contribution in [0.25, 0.3) is 0 Å². The summed E-state index contributed by atoms with van der Waals surface area (Å²) in [5.41, 5.74) is 3.95. The van der Waals surface area contributed by atoms with E-state index in [1.807, 2.05) is 34.6 Å². The monoisotopic (exact) mass is 324 g/mol. The van der Waals surface area contributed by atoms with Crippen molar-refractivity contribution in [3.63, 3.8) is 0 Å². The lowest BCUT2D eigenvalue weighted by Gasteiger charge is -2.14. The first-order valence-corrected chi connectivity index (χ1v) is 8.68. The highest BCUT2D eigenvalue weighted by Gasteiger charge is 2.37. The minimum absolute atomic E-state index is 0.0763. The van der Waals surface area contributed by atoms with Gasteiger partial charge in [0.05, 0.1) is 12.8 Å². The first-order chi connectivity index (χ1) is 10.2. The molecule has 0 bridgehead atoms. The van der Waals surface area contributed by atoms with Gasteiger partial charge < -0.3 is 9.26 Å². The van der Waals surface area contributed by atoms with Gasteiger partial charge in [-0.15, -0.1) is 0 Å². The Kier molecular flexibility index (Phi) is 4.44. The number of aromatic nitrogens is 1. The molecule has 2 aromatic rings. The van der Waals surface area contributed by atoms with Gasteiger partial charge in [0.15, 0.2) is 10.7 Å². The Bertz CT molecular complexity index is 764. The molecule has 2 rings (SSSR count). The summed E-state index contributed by atoms with van der Waals surface area (Å²) in [6.07, 6.45) is 0. The molecule has 1 N–H and O–H groups in total. The Hall–Kier alpha value is -1.66. The van der Waals surface area contributed by atoms with Crippen LogP contribution in [-0.4, -0.2) is 16.8 Å². The fourth-order valence-electron chi connectivity index (χ4n) is 2.57. The van der Waals surface area contributed by atoms with Crippen LogP contribution in [0.4, 0.5) is 0 Å². The van der Waals surface area contributed by atoms with E-state index in [4.69, 9.17) is 9.26 Å². The molecule has 0 aliphatic heterocycles. The molecule has 1 atom stereocenters. The maximum absolute atomic E-state index is 12.9. The summed E-state index contributed by atoms with van der Waals surface area (Å²) in [6.45, 7) is 9.20. The maximum Gasteiger partial charge on any atom is 0.256 e. The molecule has 0 saturated heterocycles. The third-order valence-electron chi connectivity index (χ3n) is 4.10. The van der Waals surface area contributed by atoms with E-state index in [0.29, 0.717) is 10.7 Å². The molecule has 1 aromatic carbocycles. The highest BCUT2D eigenvalue weighted by molar-refractivity contribution is 7.97. The van der Waals surface area contributed by atoms with E-state index < -0.39 is 10.2 Å². The van der Waals surface area contributed by atoms with Gasteiger partial charge in [0.25, 0.3) is 10.2 Å². The van der Waals surface area contributed by atoms with Crippen LogP contribution in [0.1, 0.15) is 33.7 Å². The van der Waals surface area contributed by atoms with Crippen LogP contribution in [-0.2, 0) is 20.2 Å². The molecule has 0 spiro atoms. The van der Waals surface area contributed by atoms with Crippen molar-refractivity contribution in [2.24, 2.45) is 0 Å². The topological polar surface area (TPSA) is 72.6 Å². The van der Waals surface area contributed by atoms with E-state index in [0.717, 1.165) is 33.7 Å². The number of hydrogen-bond acceptors (Lipinski definition) is 4. The van der Waals surface area contributed by atoms with Crippen LogP contribution in [0, 0.1) is 34.6 Å². The Balaban J connectivity index is 2.52. The fourth-order valence-corrected chi connectivity index (χ4v) is 4.53. The summed E-state index contributed by atoms with van der Waals surface area (Å²) in [5, 5.41) is 3.85. The van der Waals surface area contributed by atoms with Gasteiger partial charge in [-0.1, -0.05) is 9.37 Å². The molecule has 6 heteroatoms. The Labute approximate surface area is 131 Å². The largest absolute Gasteiger partial charge is 0.496 e. The Morgan fingerprint density at radius 3 is 2.32 bits per heavy atom. The number of hydrogen-bond donors (Lipinski definition) is 1. The average molecular weight is 324 g/mol. The lowest BCUT2D eigenvalue weighted by Crippen LogP contribution is -2.17. The molecule has 0 fully saturated rings. The Morgan fingerprint density at radius 1 is 1.18 bits per heavy atom. The quantitative estimate of drug-likeness (QED) is 0.867. The highest BCUT2D eigenvalue weighted by Crippen LogP contribution is 2.35. The molecule has 0 amide bonds. The average Bonchev–Trinajstić information content (AvgIpc) is 2.74. The van der Waals surface area contributed by atoms with E-state index in [1.165, 1.54) is 0 Å². The number of ether oxygens (including phenoxy) is 1. The molecule has 0 radical (unpaired) electrons. The number of benzene rings is 1. The first-order valence-electron chi connectivity index (χ1n) is 7.00. The second kappa shape index (κ2) is 5.85. The minimum Gasteiger partial charge on any atom is -0.496 e. The van der Waals surface area contributed by atoms with Crippen LogP contribution in [0.2, 0.25) is 0 Å². The van der Waals surface area contributed by atoms with Crippen LogP contribution in [0.5, 0.6) is 5.75 Å². The van der Waals surface area contributed by atoms with Gasteiger partial charge in [0.2, 0.25) is 5.75 Å². The van der Waals surface area contributed by atoms with Crippen molar-refractivity contribution in [1.29, 1.82) is 0 Å². The summed E-state index contributed by atoms with van der Waals surface area (Å²) in [7, 11) is -1.68. The molecular weight excluding hydrogens is 302 g/mol. The predicted molar refractivity (Wildman–Crippen MR) is 85.8 cm³/mol. The van der Waals surface area contributed by atoms with E-state index in [9.17, 15) is 8.76 Å². The molecule has 0 aliphatic rings. The van der Waals surface area contributed by atoms with Gasteiger partial charge in [-0.3, -0.25) is 0 Å². The van der Waals surface area contributed by atoms with Gasteiger partial charge in [0.1, 0.15) is 5.75 Å². The zero-order chi connectivity index (χ0) is 16.7. The molecular formula is C16H22NO4S+. The summed E-state index contributed by atoms with van der Waals surface area (Å²) in [4.78, 5) is 0.458. The SMILES string of the molecule is COc1cc(C)c([S+](=O)(O)Cc2onc(C)c2C)c(C)c1C. The van der Waals surface area contributed by atoms with Crippen LogP contribution in [0.3, 0.4) is 0 Å². The minimum atomic E-state index is -3.27. The molecule has 1 aromatic heterocycles. The summed E-state index contributed by atoms with van der Waals surface area (Å²) >= 11 is 0. The van der Waals surface area contributed by atoms with Gasteiger partial charge in [-0.2, -0.15) is 4.55 Å². The normalized spacial score (nSPS) is 14.0. The van der Waals surface area contributed by atoms with E-state index in [1.54, 1.807) is 13.2 Å². The van der Waals surface area contributed by atoms with E-state index in [-0.39, 0.29) is 5.75 Å². The summed E-state index contributed by atoms with van der Waals surface area (Å²) < 4.78 is 34.1.